The van der Waals surface area contributed by atoms with Crippen molar-refractivity contribution in [1.82, 2.24) is 9.97 Å². The van der Waals surface area contributed by atoms with E-state index in [4.69, 9.17) is 21.1 Å². The quantitative estimate of drug-likeness (QED) is 0.785. The Morgan fingerprint density at radius 2 is 2.18 bits per heavy atom. The molecule has 0 aliphatic heterocycles. The third-order valence-electron chi connectivity index (χ3n) is 2.35. The van der Waals surface area contributed by atoms with Gasteiger partial charge in [-0.25, -0.2) is 4.98 Å². The van der Waals surface area contributed by atoms with Gasteiger partial charge in [0.05, 0.1) is 22.8 Å². The first kappa shape index (κ1) is 12.1. The summed E-state index contributed by atoms with van der Waals surface area (Å²) in [5, 5.41) is 0.599. The molecular formula is C12H13ClN2O2. The summed E-state index contributed by atoms with van der Waals surface area (Å²) in [5.41, 5.74) is 2.23. The van der Waals surface area contributed by atoms with Crippen LogP contribution in [-0.4, -0.2) is 30.3 Å². The Balaban J connectivity index is 2.35. The molecule has 0 aliphatic rings. The van der Waals surface area contributed by atoms with Gasteiger partial charge >= 0.3 is 0 Å². The van der Waals surface area contributed by atoms with Crippen molar-refractivity contribution in [2.24, 2.45) is 0 Å². The summed E-state index contributed by atoms with van der Waals surface area (Å²) in [5.74, 6) is 0.712. The van der Waals surface area contributed by atoms with Crippen molar-refractivity contribution in [3.05, 3.63) is 29.0 Å². The molecule has 0 bridgehead atoms. The Kier molecular flexibility index (Phi) is 3.76. The first-order valence-electron chi connectivity index (χ1n) is 5.26. The Labute approximate surface area is 105 Å². The second-order valence-electron chi connectivity index (χ2n) is 3.57. The normalized spacial score (nSPS) is 10.8. The lowest BCUT2D eigenvalue weighted by molar-refractivity contribution is 0.146. The van der Waals surface area contributed by atoms with Gasteiger partial charge in [0.2, 0.25) is 0 Å². The number of halogens is 1. The number of nitrogens with zero attached hydrogens (tertiary/aromatic N) is 2. The summed E-state index contributed by atoms with van der Waals surface area (Å²) >= 11 is 6.04. The van der Waals surface area contributed by atoms with Crippen molar-refractivity contribution >= 4 is 22.6 Å². The average molecular weight is 253 g/mol. The molecule has 0 aromatic carbocycles. The lowest BCUT2D eigenvalue weighted by atomic mass is 10.2. The van der Waals surface area contributed by atoms with Crippen LogP contribution in [0.5, 0.6) is 5.75 Å². The highest BCUT2D eigenvalue weighted by Gasteiger charge is 2.07. The highest BCUT2D eigenvalue weighted by Crippen LogP contribution is 2.25. The molecule has 90 valence electrons. The molecule has 2 heterocycles. The summed E-state index contributed by atoms with van der Waals surface area (Å²) in [6.45, 7) is 2.91. The molecule has 0 amide bonds. The summed E-state index contributed by atoms with van der Waals surface area (Å²) < 4.78 is 10.5. The van der Waals surface area contributed by atoms with Crippen molar-refractivity contribution in [1.29, 1.82) is 0 Å². The fourth-order valence-electron chi connectivity index (χ4n) is 1.49. The van der Waals surface area contributed by atoms with E-state index < -0.39 is 0 Å². The van der Waals surface area contributed by atoms with Crippen LogP contribution in [-0.2, 0) is 4.74 Å². The molecule has 0 atom stereocenters. The minimum atomic E-state index is 0.491. The maximum absolute atomic E-state index is 6.04. The molecule has 17 heavy (non-hydrogen) atoms. The van der Waals surface area contributed by atoms with Crippen molar-refractivity contribution < 1.29 is 9.47 Å². The zero-order valence-electron chi connectivity index (χ0n) is 9.74. The first-order valence-corrected chi connectivity index (χ1v) is 5.64. The van der Waals surface area contributed by atoms with Crippen LogP contribution in [0.1, 0.15) is 5.69 Å². The van der Waals surface area contributed by atoms with Crippen molar-refractivity contribution in [2.75, 3.05) is 20.3 Å². The van der Waals surface area contributed by atoms with Gasteiger partial charge in [-0.05, 0) is 13.0 Å². The molecule has 2 aromatic heterocycles. The SMILES string of the molecule is COCCOc1cc2nccc(Cl)c2nc1C. The maximum Gasteiger partial charge on any atom is 0.142 e. The number of hydrogen-bond donors (Lipinski definition) is 0. The van der Waals surface area contributed by atoms with Crippen LogP contribution < -0.4 is 4.74 Å². The molecule has 5 heteroatoms. The Morgan fingerprint density at radius 3 is 2.94 bits per heavy atom. The topological polar surface area (TPSA) is 44.2 Å². The fourth-order valence-corrected chi connectivity index (χ4v) is 1.69. The number of fused-ring (bicyclic) bond motifs is 1. The number of aryl methyl sites for hydroxylation is 1. The highest BCUT2D eigenvalue weighted by molar-refractivity contribution is 6.34. The largest absolute Gasteiger partial charge is 0.489 e. The smallest absolute Gasteiger partial charge is 0.142 e. The van der Waals surface area contributed by atoms with Crippen LogP contribution in [0, 0.1) is 6.92 Å². The van der Waals surface area contributed by atoms with Crippen LogP contribution in [0.3, 0.4) is 0 Å². The number of pyridine rings is 2. The second kappa shape index (κ2) is 5.29. The minimum absolute atomic E-state index is 0.491. The van der Waals surface area contributed by atoms with Crippen LogP contribution in [0.4, 0.5) is 0 Å². The molecule has 2 aromatic rings. The van der Waals surface area contributed by atoms with Crippen molar-refractivity contribution in [2.45, 2.75) is 6.92 Å². The van der Waals surface area contributed by atoms with E-state index in [-0.39, 0.29) is 0 Å². The second-order valence-corrected chi connectivity index (χ2v) is 3.98. The Morgan fingerprint density at radius 1 is 1.35 bits per heavy atom. The minimum Gasteiger partial charge on any atom is -0.489 e. The maximum atomic E-state index is 6.04. The van der Waals surface area contributed by atoms with Crippen LogP contribution in [0.15, 0.2) is 18.3 Å². The van der Waals surface area contributed by atoms with Crippen LogP contribution >= 0.6 is 11.6 Å². The Hall–Kier alpha value is -1.39. The third kappa shape index (κ3) is 2.65. The number of rotatable bonds is 4. The van der Waals surface area contributed by atoms with Crippen LogP contribution in [0.2, 0.25) is 5.02 Å². The van der Waals surface area contributed by atoms with Gasteiger partial charge in [-0.2, -0.15) is 0 Å². The number of aromatic nitrogens is 2. The molecule has 0 unspecified atom stereocenters. The summed E-state index contributed by atoms with van der Waals surface area (Å²) in [4.78, 5) is 8.61. The number of ether oxygens (including phenoxy) is 2. The molecule has 4 nitrogen and oxygen atoms in total. The molecular weight excluding hydrogens is 240 g/mol. The third-order valence-corrected chi connectivity index (χ3v) is 2.66. The highest BCUT2D eigenvalue weighted by atomic mass is 35.5. The molecule has 0 saturated carbocycles. The van der Waals surface area contributed by atoms with E-state index >= 15 is 0 Å². The van der Waals surface area contributed by atoms with Gasteiger partial charge in [-0.1, -0.05) is 11.6 Å². The molecule has 0 fully saturated rings. The average Bonchev–Trinajstić information content (AvgIpc) is 2.31. The van der Waals surface area contributed by atoms with Crippen molar-refractivity contribution in [3.63, 3.8) is 0 Å². The van der Waals surface area contributed by atoms with E-state index in [1.165, 1.54) is 0 Å². The predicted molar refractivity (Wildman–Crippen MR) is 66.7 cm³/mol. The summed E-state index contributed by atoms with van der Waals surface area (Å²) in [7, 11) is 1.64. The fraction of sp³-hybridized carbons (Fsp3) is 0.333. The lowest BCUT2D eigenvalue weighted by Gasteiger charge is -2.09. The van der Waals surface area contributed by atoms with Gasteiger partial charge in [0.15, 0.2) is 0 Å². The van der Waals surface area contributed by atoms with Gasteiger partial charge in [0.1, 0.15) is 17.9 Å². The van der Waals surface area contributed by atoms with E-state index in [1.54, 1.807) is 19.4 Å². The monoisotopic (exact) mass is 252 g/mol. The van der Waals surface area contributed by atoms with E-state index in [9.17, 15) is 0 Å². The van der Waals surface area contributed by atoms with Gasteiger partial charge in [0, 0.05) is 19.4 Å². The molecule has 0 spiro atoms. The van der Waals surface area contributed by atoms with Gasteiger partial charge < -0.3 is 9.47 Å². The lowest BCUT2D eigenvalue weighted by Crippen LogP contribution is -2.06. The molecule has 2 rings (SSSR count). The van der Waals surface area contributed by atoms with E-state index in [1.807, 2.05) is 13.0 Å². The summed E-state index contributed by atoms with van der Waals surface area (Å²) in [6, 6.07) is 3.57. The first-order chi connectivity index (χ1) is 8.22. The van der Waals surface area contributed by atoms with Gasteiger partial charge in [-0.15, -0.1) is 0 Å². The zero-order valence-corrected chi connectivity index (χ0v) is 10.5. The number of hydrogen-bond acceptors (Lipinski definition) is 4. The zero-order chi connectivity index (χ0) is 12.3. The number of methoxy groups -OCH3 is 1. The van der Waals surface area contributed by atoms with Crippen LogP contribution in [0.25, 0.3) is 11.0 Å². The molecule has 0 N–H and O–H groups in total. The summed E-state index contributed by atoms with van der Waals surface area (Å²) in [6.07, 6.45) is 1.65. The van der Waals surface area contributed by atoms with Gasteiger partial charge in [-0.3, -0.25) is 4.98 Å². The Bertz CT molecular complexity index is 531. The van der Waals surface area contributed by atoms with E-state index in [0.29, 0.717) is 29.5 Å². The predicted octanol–water partition coefficient (Wildman–Crippen LogP) is 2.62. The van der Waals surface area contributed by atoms with E-state index in [0.717, 1.165) is 11.2 Å². The molecule has 0 saturated heterocycles. The molecule has 0 aliphatic carbocycles. The standard InChI is InChI=1S/C12H13ClN2O2/c1-8-11(17-6-5-16-2)7-10-12(15-8)9(13)3-4-14-10/h3-4,7H,5-6H2,1-2H3. The van der Waals surface area contributed by atoms with E-state index in [2.05, 4.69) is 9.97 Å². The van der Waals surface area contributed by atoms with Gasteiger partial charge in [0.25, 0.3) is 0 Å². The van der Waals surface area contributed by atoms with Crippen molar-refractivity contribution in [3.8, 4) is 5.75 Å². The molecule has 0 radical (unpaired) electrons.